The average molecular weight is 270 g/mol. The van der Waals surface area contributed by atoms with Gasteiger partial charge in [0.15, 0.2) is 5.78 Å². The third kappa shape index (κ3) is 2.98. The SMILES string of the molecule is COc1ccc(C(=O)C=Cc2c(O)cccc2O)cc1. The number of hydrogen-bond donors (Lipinski definition) is 2. The van der Waals surface area contributed by atoms with Gasteiger partial charge in [-0.25, -0.2) is 0 Å². The smallest absolute Gasteiger partial charge is 0.185 e. The fraction of sp³-hybridized carbons (Fsp3) is 0.0625. The average Bonchev–Trinajstić information content (AvgIpc) is 2.46. The van der Waals surface area contributed by atoms with Gasteiger partial charge >= 0.3 is 0 Å². The van der Waals surface area contributed by atoms with Crippen molar-refractivity contribution in [1.29, 1.82) is 0 Å². The summed E-state index contributed by atoms with van der Waals surface area (Å²) in [6.07, 6.45) is 2.69. The highest BCUT2D eigenvalue weighted by molar-refractivity contribution is 6.07. The molecule has 2 aromatic rings. The van der Waals surface area contributed by atoms with Gasteiger partial charge in [-0.3, -0.25) is 4.79 Å². The van der Waals surface area contributed by atoms with E-state index in [2.05, 4.69) is 0 Å². The van der Waals surface area contributed by atoms with Gasteiger partial charge in [0, 0.05) is 5.56 Å². The molecule has 2 rings (SSSR count). The van der Waals surface area contributed by atoms with E-state index in [4.69, 9.17) is 4.74 Å². The first-order valence-electron chi connectivity index (χ1n) is 5.99. The monoisotopic (exact) mass is 270 g/mol. The molecule has 0 aliphatic rings. The standard InChI is InChI=1S/C16H14O4/c1-20-12-7-5-11(6-8-12)14(17)10-9-13-15(18)3-2-4-16(13)19/h2-10,18-19H,1H3. The maximum atomic E-state index is 11.9. The summed E-state index contributed by atoms with van der Waals surface area (Å²) in [5, 5.41) is 19.2. The summed E-state index contributed by atoms with van der Waals surface area (Å²) in [4.78, 5) is 11.9. The molecule has 0 aromatic heterocycles. The summed E-state index contributed by atoms with van der Waals surface area (Å²) in [6.45, 7) is 0. The maximum Gasteiger partial charge on any atom is 0.185 e. The predicted molar refractivity (Wildman–Crippen MR) is 76.1 cm³/mol. The van der Waals surface area contributed by atoms with Crippen molar-refractivity contribution in [3.8, 4) is 17.2 Å². The summed E-state index contributed by atoms with van der Waals surface area (Å²) in [6, 6.07) is 11.1. The van der Waals surface area contributed by atoms with Crippen LogP contribution < -0.4 is 4.74 Å². The van der Waals surface area contributed by atoms with E-state index in [1.807, 2.05) is 0 Å². The molecule has 0 bridgehead atoms. The van der Waals surface area contributed by atoms with E-state index in [1.165, 1.54) is 30.4 Å². The summed E-state index contributed by atoms with van der Waals surface area (Å²) in [5.74, 6) is 0.284. The van der Waals surface area contributed by atoms with Crippen LogP contribution in [0.4, 0.5) is 0 Å². The molecule has 102 valence electrons. The predicted octanol–water partition coefficient (Wildman–Crippen LogP) is 3.00. The highest BCUT2D eigenvalue weighted by Crippen LogP contribution is 2.27. The van der Waals surface area contributed by atoms with Gasteiger partial charge in [0.2, 0.25) is 0 Å². The summed E-state index contributed by atoms with van der Waals surface area (Å²) in [7, 11) is 1.55. The van der Waals surface area contributed by atoms with Crippen LogP contribution in [0.1, 0.15) is 15.9 Å². The highest BCUT2D eigenvalue weighted by atomic mass is 16.5. The molecular formula is C16H14O4. The molecule has 0 spiro atoms. The number of aromatic hydroxyl groups is 2. The number of phenols is 2. The second-order valence-electron chi connectivity index (χ2n) is 4.14. The Kier molecular flexibility index (Phi) is 4.05. The minimum absolute atomic E-state index is 0.0798. The first kappa shape index (κ1) is 13.7. The van der Waals surface area contributed by atoms with Crippen LogP contribution in [0.2, 0.25) is 0 Å². The third-order valence-corrected chi connectivity index (χ3v) is 2.84. The molecule has 2 N–H and O–H groups in total. The van der Waals surface area contributed by atoms with E-state index in [-0.39, 0.29) is 22.8 Å². The number of ether oxygens (including phenoxy) is 1. The second kappa shape index (κ2) is 5.93. The van der Waals surface area contributed by atoms with E-state index >= 15 is 0 Å². The van der Waals surface area contributed by atoms with E-state index in [0.717, 1.165) is 0 Å². The molecule has 0 heterocycles. The third-order valence-electron chi connectivity index (χ3n) is 2.84. The molecule has 0 saturated heterocycles. The largest absolute Gasteiger partial charge is 0.507 e. The van der Waals surface area contributed by atoms with Crippen LogP contribution in [0.25, 0.3) is 6.08 Å². The van der Waals surface area contributed by atoms with Crippen LogP contribution in [0.5, 0.6) is 17.2 Å². The fourth-order valence-corrected chi connectivity index (χ4v) is 1.72. The quantitative estimate of drug-likeness (QED) is 0.662. The zero-order chi connectivity index (χ0) is 14.5. The van der Waals surface area contributed by atoms with Gasteiger partial charge in [-0.2, -0.15) is 0 Å². The molecule has 4 heteroatoms. The lowest BCUT2D eigenvalue weighted by Crippen LogP contribution is -1.94. The summed E-state index contributed by atoms with van der Waals surface area (Å²) in [5.41, 5.74) is 0.714. The second-order valence-corrected chi connectivity index (χ2v) is 4.14. The number of carbonyl (C=O) groups is 1. The van der Waals surface area contributed by atoms with Gasteiger partial charge in [-0.05, 0) is 48.6 Å². The number of hydrogen-bond acceptors (Lipinski definition) is 4. The molecule has 0 radical (unpaired) electrons. The Morgan fingerprint density at radius 2 is 1.65 bits per heavy atom. The number of phenolic OH excluding ortho intramolecular Hbond substituents is 2. The van der Waals surface area contributed by atoms with Gasteiger partial charge in [0.25, 0.3) is 0 Å². The molecule has 4 nitrogen and oxygen atoms in total. The molecule has 0 saturated carbocycles. The first-order chi connectivity index (χ1) is 9.61. The molecule has 0 amide bonds. The Bertz CT molecular complexity index is 622. The number of benzene rings is 2. The number of methoxy groups -OCH3 is 1. The van der Waals surface area contributed by atoms with Gasteiger partial charge < -0.3 is 14.9 Å². The molecule has 0 fully saturated rings. The van der Waals surface area contributed by atoms with E-state index in [0.29, 0.717) is 11.3 Å². The Morgan fingerprint density at radius 1 is 1.05 bits per heavy atom. The molecule has 0 unspecified atom stereocenters. The topological polar surface area (TPSA) is 66.8 Å². The lowest BCUT2D eigenvalue weighted by atomic mass is 10.1. The normalized spacial score (nSPS) is 10.7. The lowest BCUT2D eigenvalue weighted by Gasteiger charge is -2.02. The van der Waals surface area contributed by atoms with Crippen molar-refractivity contribution in [2.24, 2.45) is 0 Å². The van der Waals surface area contributed by atoms with E-state index in [1.54, 1.807) is 31.4 Å². The van der Waals surface area contributed by atoms with Crippen LogP contribution in [-0.2, 0) is 0 Å². The van der Waals surface area contributed by atoms with E-state index in [9.17, 15) is 15.0 Å². The Labute approximate surface area is 116 Å². The van der Waals surface area contributed by atoms with Crippen molar-refractivity contribution in [3.05, 3.63) is 59.7 Å². The highest BCUT2D eigenvalue weighted by Gasteiger charge is 2.05. The van der Waals surface area contributed by atoms with Gasteiger partial charge in [-0.15, -0.1) is 0 Å². The van der Waals surface area contributed by atoms with Crippen LogP contribution >= 0.6 is 0 Å². The Hall–Kier alpha value is -2.75. The van der Waals surface area contributed by atoms with Crippen molar-refractivity contribution in [2.45, 2.75) is 0 Å². The molecule has 0 aliphatic heterocycles. The minimum atomic E-state index is -0.227. The summed E-state index contributed by atoms with van der Waals surface area (Å²) >= 11 is 0. The van der Waals surface area contributed by atoms with Crippen LogP contribution in [0, 0.1) is 0 Å². The minimum Gasteiger partial charge on any atom is -0.507 e. The Balaban J connectivity index is 2.20. The number of rotatable bonds is 4. The van der Waals surface area contributed by atoms with Crippen molar-refractivity contribution >= 4 is 11.9 Å². The molecular weight excluding hydrogens is 256 g/mol. The molecule has 0 aliphatic carbocycles. The van der Waals surface area contributed by atoms with Crippen LogP contribution in [-0.4, -0.2) is 23.1 Å². The van der Waals surface area contributed by atoms with Gasteiger partial charge in [0.1, 0.15) is 17.2 Å². The lowest BCUT2D eigenvalue weighted by molar-refractivity contribution is 0.104. The Morgan fingerprint density at radius 3 is 2.20 bits per heavy atom. The number of allylic oxidation sites excluding steroid dienone is 1. The maximum absolute atomic E-state index is 11.9. The van der Waals surface area contributed by atoms with Crippen molar-refractivity contribution in [2.75, 3.05) is 7.11 Å². The van der Waals surface area contributed by atoms with E-state index < -0.39 is 0 Å². The molecule has 20 heavy (non-hydrogen) atoms. The zero-order valence-corrected chi connectivity index (χ0v) is 10.9. The zero-order valence-electron chi connectivity index (χ0n) is 10.9. The number of ketones is 1. The fourth-order valence-electron chi connectivity index (χ4n) is 1.72. The number of carbonyl (C=O) groups excluding carboxylic acids is 1. The van der Waals surface area contributed by atoms with Crippen LogP contribution in [0.3, 0.4) is 0 Å². The van der Waals surface area contributed by atoms with Gasteiger partial charge in [0.05, 0.1) is 12.7 Å². The van der Waals surface area contributed by atoms with Gasteiger partial charge in [-0.1, -0.05) is 6.07 Å². The molecule has 2 aromatic carbocycles. The van der Waals surface area contributed by atoms with Crippen LogP contribution in [0.15, 0.2) is 48.5 Å². The van der Waals surface area contributed by atoms with Crippen molar-refractivity contribution in [3.63, 3.8) is 0 Å². The van der Waals surface area contributed by atoms with Crippen molar-refractivity contribution in [1.82, 2.24) is 0 Å². The first-order valence-corrected chi connectivity index (χ1v) is 5.99. The molecule has 0 atom stereocenters. The van der Waals surface area contributed by atoms with Crippen molar-refractivity contribution < 1.29 is 19.7 Å². The summed E-state index contributed by atoms with van der Waals surface area (Å²) < 4.78 is 5.01.